The highest BCUT2D eigenvalue weighted by atomic mass is 16.6. The molecule has 2 rings (SSSR count). The molecule has 6 nitrogen and oxygen atoms in total. The van der Waals surface area contributed by atoms with E-state index in [1.807, 2.05) is 19.1 Å². The number of phenols is 1. The summed E-state index contributed by atoms with van der Waals surface area (Å²) in [4.78, 5) is 14.4. The van der Waals surface area contributed by atoms with Crippen molar-refractivity contribution in [2.45, 2.75) is 6.92 Å². The standard InChI is InChI=1S/C15H14N2O4/c1-2-21-14-9-4-3-7-12(14)16-10-11-6-5-8-13(15(11)18)17(19)20/h3-10,18H,2H2,1H3. The van der Waals surface area contributed by atoms with E-state index in [2.05, 4.69) is 4.99 Å². The normalized spacial score (nSPS) is 10.7. The number of ether oxygens (including phenoxy) is 1. The third-order valence-electron chi connectivity index (χ3n) is 2.75. The van der Waals surface area contributed by atoms with E-state index in [0.29, 0.717) is 18.0 Å². The molecule has 6 heteroatoms. The van der Waals surface area contributed by atoms with E-state index < -0.39 is 10.7 Å². The topological polar surface area (TPSA) is 85.0 Å². The molecule has 0 heterocycles. The number of nitro groups is 1. The summed E-state index contributed by atoms with van der Waals surface area (Å²) >= 11 is 0. The van der Waals surface area contributed by atoms with Crippen LogP contribution in [0.25, 0.3) is 0 Å². The smallest absolute Gasteiger partial charge is 0.311 e. The molecule has 0 amide bonds. The molecule has 21 heavy (non-hydrogen) atoms. The Balaban J connectivity index is 2.34. The zero-order valence-electron chi connectivity index (χ0n) is 11.4. The predicted octanol–water partition coefficient (Wildman–Crippen LogP) is 3.45. The Kier molecular flexibility index (Phi) is 4.50. The van der Waals surface area contributed by atoms with Gasteiger partial charge in [0.2, 0.25) is 5.75 Å². The molecule has 0 aliphatic heterocycles. The highest BCUT2D eigenvalue weighted by molar-refractivity contribution is 5.87. The van der Waals surface area contributed by atoms with Crippen LogP contribution in [0.5, 0.6) is 11.5 Å². The van der Waals surface area contributed by atoms with Gasteiger partial charge in [0.05, 0.1) is 11.5 Å². The zero-order valence-corrected chi connectivity index (χ0v) is 11.4. The van der Waals surface area contributed by atoms with Crippen LogP contribution in [0.4, 0.5) is 11.4 Å². The monoisotopic (exact) mass is 286 g/mol. The predicted molar refractivity (Wildman–Crippen MR) is 79.6 cm³/mol. The molecule has 0 radical (unpaired) electrons. The zero-order chi connectivity index (χ0) is 15.2. The highest BCUT2D eigenvalue weighted by Crippen LogP contribution is 2.30. The first-order valence-corrected chi connectivity index (χ1v) is 6.35. The lowest BCUT2D eigenvalue weighted by molar-refractivity contribution is -0.385. The first kappa shape index (κ1) is 14.5. The van der Waals surface area contributed by atoms with Crippen molar-refractivity contribution in [3.63, 3.8) is 0 Å². The maximum Gasteiger partial charge on any atom is 0.311 e. The Labute approximate surface area is 121 Å². The first-order valence-electron chi connectivity index (χ1n) is 6.35. The number of phenolic OH excluding ortho intramolecular Hbond substituents is 1. The van der Waals surface area contributed by atoms with Gasteiger partial charge in [0.1, 0.15) is 11.4 Å². The van der Waals surface area contributed by atoms with Crippen LogP contribution >= 0.6 is 0 Å². The maximum absolute atomic E-state index is 10.8. The average Bonchev–Trinajstić information content (AvgIpc) is 2.47. The molecule has 0 aromatic heterocycles. The van der Waals surface area contributed by atoms with Gasteiger partial charge < -0.3 is 9.84 Å². The molecule has 0 aliphatic rings. The molecule has 0 saturated carbocycles. The Morgan fingerprint density at radius 3 is 2.76 bits per heavy atom. The SMILES string of the molecule is CCOc1ccccc1N=Cc1cccc([N+](=O)[O-])c1O. The quantitative estimate of drug-likeness (QED) is 0.518. The van der Waals surface area contributed by atoms with Crippen molar-refractivity contribution in [3.8, 4) is 11.5 Å². The Morgan fingerprint density at radius 1 is 1.29 bits per heavy atom. The second-order valence-corrected chi connectivity index (χ2v) is 4.13. The fraction of sp³-hybridized carbons (Fsp3) is 0.133. The van der Waals surface area contributed by atoms with Crippen LogP contribution in [0.15, 0.2) is 47.5 Å². The van der Waals surface area contributed by atoms with E-state index in [1.54, 1.807) is 18.2 Å². The minimum absolute atomic E-state index is 0.274. The van der Waals surface area contributed by atoms with E-state index in [4.69, 9.17) is 4.74 Å². The largest absolute Gasteiger partial charge is 0.502 e. The molecule has 108 valence electrons. The lowest BCUT2D eigenvalue weighted by Crippen LogP contribution is -1.93. The molecule has 1 N–H and O–H groups in total. The number of nitro benzene ring substituents is 1. The van der Waals surface area contributed by atoms with Gasteiger partial charge in [0.25, 0.3) is 0 Å². The lowest BCUT2D eigenvalue weighted by Gasteiger charge is -2.05. The summed E-state index contributed by atoms with van der Waals surface area (Å²) < 4.78 is 5.43. The summed E-state index contributed by atoms with van der Waals surface area (Å²) in [6, 6.07) is 11.5. The number of para-hydroxylation sites is 3. The van der Waals surface area contributed by atoms with Crippen LogP contribution in [0, 0.1) is 10.1 Å². The van der Waals surface area contributed by atoms with Crippen LogP contribution in [-0.4, -0.2) is 22.9 Å². The minimum atomic E-state index is -0.638. The van der Waals surface area contributed by atoms with Gasteiger partial charge in [-0.25, -0.2) is 0 Å². The van der Waals surface area contributed by atoms with Crippen molar-refractivity contribution < 1.29 is 14.8 Å². The van der Waals surface area contributed by atoms with Crippen LogP contribution < -0.4 is 4.74 Å². The molecule has 0 aliphatic carbocycles. The summed E-state index contributed by atoms with van der Waals surface area (Å²) in [5.74, 6) is 0.210. The molecule has 2 aromatic carbocycles. The van der Waals surface area contributed by atoms with E-state index in [-0.39, 0.29) is 11.3 Å². The van der Waals surface area contributed by atoms with Gasteiger partial charge in [0, 0.05) is 17.8 Å². The molecular weight excluding hydrogens is 272 g/mol. The number of benzene rings is 2. The van der Waals surface area contributed by atoms with E-state index in [9.17, 15) is 15.2 Å². The fourth-order valence-corrected chi connectivity index (χ4v) is 1.78. The van der Waals surface area contributed by atoms with Crippen molar-refractivity contribution in [1.29, 1.82) is 0 Å². The van der Waals surface area contributed by atoms with Gasteiger partial charge in [0.15, 0.2) is 0 Å². The molecule has 0 spiro atoms. The molecule has 2 aromatic rings. The summed E-state index contributed by atoms with van der Waals surface area (Å²) in [6.07, 6.45) is 1.38. The Hall–Kier alpha value is -2.89. The van der Waals surface area contributed by atoms with Crippen molar-refractivity contribution in [3.05, 3.63) is 58.1 Å². The maximum atomic E-state index is 10.8. The van der Waals surface area contributed by atoms with E-state index in [0.717, 1.165) is 0 Å². The van der Waals surface area contributed by atoms with Crippen molar-refractivity contribution in [1.82, 2.24) is 0 Å². The van der Waals surface area contributed by atoms with Crippen LogP contribution in [0.2, 0.25) is 0 Å². The molecule has 0 bridgehead atoms. The average molecular weight is 286 g/mol. The second kappa shape index (κ2) is 6.51. The molecular formula is C15H14N2O4. The second-order valence-electron chi connectivity index (χ2n) is 4.13. The van der Waals surface area contributed by atoms with Crippen LogP contribution in [-0.2, 0) is 0 Å². The van der Waals surface area contributed by atoms with Crippen molar-refractivity contribution >= 4 is 17.6 Å². The van der Waals surface area contributed by atoms with Gasteiger partial charge >= 0.3 is 5.69 Å². The van der Waals surface area contributed by atoms with Gasteiger partial charge in [-0.15, -0.1) is 0 Å². The third kappa shape index (κ3) is 3.36. The number of hydrogen-bond acceptors (Lipinski definition) is 5. The number of aromatic hydroxyl groups is 1. The van der Waals surface area contributed by atoms with Crippen LogP contribution in [0.3, 0.4) is 0 Å². The van der Waals surface area contributed by atoms with Gasteiger partial charge in [-0.1, -0.05) is 18.2 Å². The third-order valence-corrected chi connectivity index (χ3v) is 2.75. The highest BCUT2D eigenvalue weighted by Gasteiger charge is 2.15. The van der Waals surface area contributed by atoms with Crippen molar-refractivity contribution in [2.75, 3.05) is 6.61 Å². The number of rotatable bonds is 5. The molecule has 0 unspecified atom stereocenters. The number of hydrogen-bond donors (Lipinski definition) is 1. The van der Waals surface area contributed by atoms with Gasteiger partial charge in [-0.2, -0.15) is 0 Å². The Morgan fingerprint density at radius 2 is 2.05 bits per heavy atom. The fourth-order valence-electron chi connectivity index (χ4n) is 1.78. The van der Waals surface area contributed by atoms with E-state index in [1.165, 1.54) is 18.3 Å². The summed E-state index contributed by atoms with van der Waals surface area (Å²) in [5, 5.41) is 20.6. The first-order chi connectivity index (χ1) is 10.1. The summed E-state index contributed by atoms with van der Waals surface area (Å²) in [5.41, 5.74) is 0.512. The van der Waals surface area contributed by atoms with Gasteiger partial charge in [-0.05, 0) is 25.1 Å². The molecule has 0 saturated heterocycles. The van der Waals surface area contributed by atoms with Gasteiger partial charge in [-0.3, -0.25) is 15.1 Å². The number of aliphatic imine (C=N–C) groups is 1. The lowest BCUT2D eigenvalue weighted by atomic mass is 10.2. The molecule has 0 atom stereocenters. The minimum Gasteiger partial charge on any atom is -0.502 e. The summed E-state index contributed by atoms with van der Waals surface area (Å²) in [7, 11) is 0. The van der Waals surface area contributed by atoms with Crippen molar-refractivity contribution in [2.24, 2.45) is 4.99 Å². The Bertz CT molecular complexity index is 683. The van der Waals surface area contributed by atoms with E-state index >= 15 is 0 Å². The summed E-state index contributed by atoms with van der Waals surface area (Å²) in [6.45, 7) is 2.38. The van der Waals surface area contributed by atoms with Crippen LogP contribution in [0.1, 0.15) is 12.5 Å². The number of nitrogens with zero attached hydrogens (tertiary/aromatic N) is 2. The molecule has 0 fully saturated rings.